The lowest BCUT2D eigenvalue weighted by atomic mass is 10.1. The summed E-state index contributed by atoms with van der Waals surface area (Å²) in [6, 6.07) is 15.5. The molecule has 1 aliphatic rings. The molecule has 6 heteroatoms. The van der Waals surface area contributed by atoms with E-state index in [1.54, 1.807) is 4.90 Å². The van der Waals surface area contributed by atoms with Crippen LogP contribution in [0.4, 0.5) is 0 Å². The standard InChI is InChI=1S/C22H26BrN3O2/c1-17-2-6-19(7-3-17)22(28)26(16-18-4-8-20(23)9-5-18)13-10-21(27)25-14-11-24-12-15-25/h2-9,24H,10-16H2,1H3. The van der Waals surface area contributed by atoms with Gasteiger partial charge in [0.1, 0.15) is 0 Å². The van der Waals surface area contributed by atoms with Crippen molar-refractivity contribution in [2.45, 2.75) is 19.9 Å². The van der Waals surface area contributed by atoms with Crippen LogP contribution in [0.2, 0.25) is 0 Å². The summed E-state index contributed by atoms with van der Waals surface area (Å²) < 4.78 is 1.00. The Morgan fingerprint density at radius 1 is 1.04 bits per heavy atom. The summed E-state index contributed by atoms with van der Waals surface area (Å²) in [5.41, 5.74) is 2.81. The lowest BCUT2D eigenvalue weighted by Crippen LogP contribution is -2.47. The van der Waals surface area contributed by atoms with Crippen LogP contribution in [0.5, 0.6) is 0 Å². The van der Waals surface area contributed by atoms with Crippen molar-refractivity contribution in [2.75, 3.05) is 32.7 Å². The van der Waals surface area contributed by atoms with Crippen molar-refractivity contribution in [1.29, 1.82) is 0 Å². The number of rotatable bonds is 6. The minimum Gasteiger partial charge on any atom is -0.340 e. The van der Waals surface area contributed by atoms with E-state index in [0.29, 0.717) is 25.1 Å². The number of aryl methyl sites for hydroxylation is 1. The van der Waals surface area contributed by atoms with Gasteiger partial charge in [-0.1, -0.05) is 45.8 Å². The first kappa shape index (κ1) is 20.6. The predicted molar refractivity (Wildman–Crippen MR) is 114 cm³/mol. The summed E-state index contributed by atoms with van der Waals surface area (Å²) in [6.07, 6.45) is 0.341. The van der Waals surface area contributed by atoms with Gasteiger partial charge < -0.3 is 15.1 Å². The molecular formula is C22H26BrN3O2. The molecule has 2 amide bonds. The third-order valence-corrected chi connectivity index (χ3v) is 5.47. The summed E-state index contributed by atoms with van der Waals surface area (Å²) in [4.78, 5) is 29.3. The molecule has 0 bridgehead atoms. The molecule has 3 rings (SSSR count). The zero-order valence-electron chi connectivity index (χ0n) is 16.2. The average molecular weight is 444 g/mol. The van der Waals surface area contributed by atoms with E-state index in [1.165, 1.54) is 0 Å². The maximum Gasteiger partial charge on any atom is 0.254 e. The molecule has 2 aromatic rings. The van der Waals surface area contributed by atoms with Crippen LogP contribution in [0.3, 0.4) is 0 Å². The minimum absolute atomic E-state index is 0.0453. The molecular weight excluding hydrogens is 418 g/mol. The van der Waals surface area contributed by atoms with Gasteiger partial charge in [-0.25, -0.2) is 0 Å². The fourth-order valence-corrected chi connectivity index (χ4v) is 3.51. The van der Waals surface area contributed by atoms with Gasteiger partial charge in [0.15, 0.2) is 0 Å². The highest BCUT2D eigenvalue weighted by atomic mass is 79.9. The van der Waals surface area contributed by atoms with E-state index >= 15 is 0 Å². The van der Waals surface area contributed by atoms with Crippen LogP contribution >= 0.6 is 15.9 Å². The van der Waals surface area contributed by atoms with Gasteiger partial charge in [-0.05, 0) is 36.8 Å². The van der Waals surface area contributed by atoms with Gasteiger partial charge in [0.25, 0.3) is 5.91 Å². The zero-order valence-corrected chi connectivity index (χ0v) is 17.7. The lowest BCUT2D eigenvalue weighted by Gasteiger charge is -2.29. The van der Waals surface area contributed by atoms with Gasteiger partial charge in [-0.3, -0.25) is 9.59 Å². The Bertz CT molecular complexity index is 800. The first-order chi connectivity index (χ1) is 13.5. The summed E-state index contributed by atoms with van der Waals surface area (Å²) in [7, 11) is 0. The van der Waals surface area contributed by atoms with Crippen LogP contribution in [0.1, 0.15) is 27.9 Å². The second-order valence-electron chi connectivity index (χ2n) is 7.10. The van der Waals surface area contributed by atoms with E-state index in [9.17, 15) is 9.59 Å². The first-order valence-electron chi connectivity index (χ1n) is 9.62. The van der Waals surface area contributed by atoms with E-state index < -0.39 is 0 Å². The maximum atomic E-state index is 13.1. The Labute approximate surface area is 174 Å². The SMILES string of the molecule is Cc1ccc(C(=O)N(CCC(=O)N2CCNCC2)Cc2ccc(Br)cc2)cc1. The number of halogens is 1. The van der Waals surface area contributed by atoms with Gasteiger partial charge in [-0.15, -0.1) is 0 Å². The number of nitrogens with zero attached hydrogens (tertiary/aromatic N) is 2. The molecule has 1 heterocycles. The van der Waals surface area contributed by atoms with E-state index in [1.807, 2.05) is 60.4 Å². The lowest BCUT2D eigenvalue weighted by molar-refractivity contribution is -0.132. The van der Waals surface area contributed by atoms with Gasteiger partial charge in [-0.2, -0.15) is 0 Å². The fraction of sp³-hybridized carbons (Fsp3) is 0.364. The van der Waals surface area contributed by atoms with Gasteiger partial charge in [0.2, 0.25) is 5.91 Å². The summed E-state index contributed by atoms with van der Waals surface area (Å²) in [5.74, 6) is 0.0649. The fourth-order valence-electron chi connectivity index (χ4n) is 3.24. The first-order valence-corrected chi connectivity index (χ1v) is 10.4. The molecule has 1 aliphatic heterocycles. The number of hydrogen-bond donors (Lipinski definition) is 1. The van der Waals surface area contributed by atoms with Crippen LogP contribution in [0.15, 0.2) is 53.0 Å². The summed E-state index contributed by atoms with van der Waals surface area (Å²) in [5, 5.41) is 3.25. The maximum absolute atomic E-state index is 13.1. The van der Waals surface area contributed by atoms with Crippen molar-refractivity contribution in [2.24, 2.45) is 0 Å². The third-order valence-electron chi connectivity index (χ3n) is 4.94. The molecule has 0 saturated carbocycles. The molecule has 0 atom stereocenters. The normalized spacial score (nSPS) is 14.0. The molecule has 0 unspecified atom stereocenters. The Hall–Kier alpha value is -2.18. The van der Waals surface area contributed by atoms with Crippen molar-refractivity contribution >= 4 is 27.7 Å². The van der Waals surface area contributed by atoms with Crippen LogP contribution in [-0.2, 0) is 11.3 Å². The Balaban J connectivity index is 1.71. The Morgan fingerprint density at radius 3 is 2.32 bits per heavy atom. The van der Waals surface area contributed by atoms with Crippen molar-refractivity contribution in [3.05, 3.63) is 69.7 Å². The van der Waals surface area contributed by atoms with Crippen LogP contribution < -0.4 is 5.32 Å². The number of benzene rings is 2. The highest BCUT2D eigenvalue weighted by molar-refractivity contribution is 9.10. The minimum atomic E-state index is -0.0453. The van der Waals surface area contributed by atoms with Gasteiger partial charge in [0, 0.05) is 55.7 Å². The number of hydrogen-bond acceptors (Lipinski definition) is 3. The number of carbonyl (C=O) groups excluding carboxylic acids is 2. The molecule has 5 nitrogen and oxygen atoms in total. The van der Waals surface area contributed by atoms with E-state index in [0.717, 1.165) is 41.8 Å². The third kappa shape index (κ3) is 5.66. The molecule has 0 radical (unpaired) electrons. The smallest absolute Gasteiger partial charge is 0.254 e. The molecule has 1 saturated heterocycles. The summed E-state index contributed by atoms with van der Waals surface area (Å²) in [6.45, 7) is 6.02. The molecule has 148 valence electrons. The average Bonchev–Trinajstić information content (AvgIpc) is 2.73. The molecule has 1 fully saturated rings. The molecule has 28 heavy (non-hydrogen) atoms. The second kappa shape index (κ2) is 9.85. The van der Waals surface area contributed by atoms with Crippen molar-refractivity contribution in [1.82, 2.24) is 15.1 Å². The van der Waals surface area contributed by atoms with E-state index in [4.69, 9.17) is 0 Å². The zero-order chi connectivity index (χ0) is 19.9. The number of carbonyl (C=O) groups is 2. The van der Waals surface area contributed by atoms with Crippen molar-refractivity contribution < 1.29 is 9.59 Å². The van der Waals surface area contributed by atoms with Crippen molar-refractivity contribution in [3.8, 4) is 0 Å². The quantitative estimate of drug-likeness (QED) is 0.745. The molecule has 0 spiro atoms. The number of nitrogens with one attached hydrogen (secondary N) is 1. The Morgan fingerprint density at radius 2 is 1.68 bits per heavy atom. The number of amides is 2. The monoisotopic (exact) mass is 443 g/mol. The highest BCUT2D eigenvalue weighted by Gasteiger charge is 2.20. The van der Waals surface area contributed by atoms with Crippen LogP contribution in [0.25, 0.3) is 0 Å². The molecule has 0 aliphatic carbocycles. The largest absolute Gasteiger partial charge is 0.340 e. The molecule has 0 aromatic heterocycles. The topological polar surface area (TPSA) is 52.7 Å². The van der Waals surface area contributed by atoms with E-state index in [2.05, 4.69) is 21.2 Å². The second-order valence-corrected chi connectivity index (χ2v) is 8.02. The van der Waals surface area contributed by atoms with Crippen molar-refractivity contribution in [3.63, 3.8) is 0 Å². The van der Waals surface area contributed by atoms with Crippen LogP contribution in [-0.4, -0.2) is 54.3 Å². The molecule has 2 aromatic carbocycles. The Kier molecular flexibility index (Phi) is 7.23. The highest BCUT2D eigenvalue weighted by Crippen LogP contribution is 2.15. The summed E-state index contributed by atoms with van der Waals surface area (Å²) >= 11 is 3.44. The van der Waals surface area contributed by atoms with Gasteiger partial charge >= 0.3 is 0 Å². The molecule has 1 N–H and O–H groups in total. The number of piperazine rings is 1. The van der Waals surface area contributed by atoms with Gasteiger partial charge in [0.05, 0.1) is 0 Å². The van der Waals surface area contributed by atoms with E-state index in [-0.39, 0.29) is 11.8 Å². The predicted octanol–water partition coefficient (Wildman–Crippen LogP) is 3.22. The van der Waals surface area contributed by atoms with Crippen LogP contribution in [0, 0.1) is 6.92 Å².